The van der Waals surface area contributed by atoms with Gasteiger partial charge < -0.3 is 29.4 Å². The molecule has 7 heterocycles. The molecule has 5 aliphatic heterocycles. The van der Waals surface area contributed by atoms with E-state index >= 15 is 0 Å². The van der Waals surface area contributed by atoms with Crippen LogP contribution in [0.2, 0.25) is 0 Å². The largest absolute Gasteiger partial charge is 0.381 e. The van der Waals surface area contributed by atoms with Crippen molar-refractivity contribution in [3.63, 3.8) is 0 Å². The van der Waals surface area contributed by atoms with Gasteiger partial charge in [-0.15, -0.1) is 0 Å². The zero-order valence-electron chi connectivity index (χ0n) is 30.9. The molecule has 0 unspecified atom stereocenters. The number of aromatic amines is 2. The Hall–Kier alpha value is -3.66. The predicted molar refractivity (Wildman–Crippen MR) is 203 cm³/mol. The van der Waals surface area contributed by atoms with Gasteiger partial charge in [-0.2, -0.15) is 0 Å². The number of hydrogen-bond acceptors (Lipinski definition) is 5. The first-order valence-electron chi connectivity index (χ1n) is 19.7. The van der Waals surface area contributed by atoms with Crippen LogP contribution in [0.15, 0.2) is 36.4 Å². The lowest BCUT2D eigenvalue weighted by atomic mass is 9.97. The van der Waals surface area contributed by atoms with E-state index in [1.54, 1.807) is 0 Å². The highest BCUT2D eigenvalue weighted by atomic mass is 16.5. The molecule has 51 heavy (non-hydrogen) atoms. The second-order valence-electron chi connectivity index (χ2n) is 16.2. The minimum absolute atomic E-state index is 0.193. The summed E-state index contributed by atoms with van der Waals surface area (Å²) in [6, 6.07) is 13.0. The second kappa shape index (κ2) is 14.8. The third-order valence-electron chi connectivity index (χ3n) is 12.5. The van der Waals surface area contributed by atoms with Crippen molar-refractivity contribution in [1.29, 1.82) is 0 Å². The maximum absolute atomic E-state index is 13.0. The number of amides is 2. The lowest BCUT2D eigenvalue weighted by molar-refractivity contribution is 0.0291. The van der Waals surface area contributed by atoms with Crippen molar-refractivity contribution >= 4 is 33.6 Å². The van der Waals surface area contributed by atoms with E-state index in [2.05, 4.69) is 64.9 Å². The van der Waals surface area contributed by atoms with Crippen molar-refractivity contribution in [2.24, 2.45) is 11.8 Å². The Labute approximate surface area is 302 Å². The number of ether oxygens (including phenoxy) is 1. The van der Waals surface area contributed by atoms with Crippen LogP contribution in [0, 0.1) is 11.8 Å². The molecule has 272 valence electrons. The van der Waals surface area contributed by atoms with E-state index in [1.165, 1.54) is 38.8 Å². The van der Waals surface area contributed by atoms with Crippen LogP contribution in [-0.2, 0) is 30.7 Å². The fraction of sp³-hybridized carbons (Fsp3) is 0.571. The van der Waals surface area contributed by atoms with Gasteiger partial charge in [0.25, 0.3) is 11.8 Å². The van der Waals surface area contributed by atoms with Crippen LogP contribution in [-0.4, -0.2) is 107 Å². The average Bonchev–Trinajstić information content (AvgIpc) is 3.72. The lowest BCUT2D eigenvalue weighted by Gasteiger charge is -2.36. The summed E-state index contributed by atoms with van der Waals surface area (Å²) in [7, 11) is 2.16. The van der Waals surface area contributed by atoms with E-state index in [0.717, 1.165) is 145 Å². The van der Waals surface area contributed by atoms with Crippen molar-refractivity contribution in [2.75, 3.05) is 59.5 Å². The van der Waals surface area contributed by atoms with Crippen LogP contribution in [0.1, 0.15) is 95.6 Å². The van der Waals surface area contributed by atoms with E-state index in [4.69, 9.17) is 4.74 Å². The summed E-state index contributed by atoms with van der Waals surface area (Å²) in [5.74, 6) is 1.87. The number of aromatic nitrogens is 2. The van der Waals surface area contributed by atoms with E-state index in [-0.39, 0.29) is 11.8 Å². The molecule has 0 aliphatic carbocycles. The third kappa shape index (κ3) is 7.22. The molecule has 0 atom stereocenters. The monoisotopic (exact) mass is 692 g/mol. The quantitative estimate of drug-likeness (QED) is 0.253. The number of rotatable bonds is 3. The molecule has 5 aliphatic rings. The molecule has 2 N–H and O–H groups in total. The smallest absolute Gasteiger partial charge is 0.253 e. The predicted octanol–water partition coefficient (Wildman–Crippen LogP) is 6.61. The topological polar surface area (TPSA) is 87.9 Å². The van der Waals surface area contributed by atoms with Crippen molar-refractivity contribution in [1.82, 2.24) is 29.6 Å². The Morgan fingerprint density at radius 2 is 1.14 bits per heavy atom. The number of nitrogens with zero attached hydrogens (tertiary/aromatic N) is 4. The number of piperidine rings is 2. The Kier molecular flexibility index (Phi) is 9.96. The first-order chi connectivity index (χ1) is 24.8. The number of hydrogen-bond donors (Lipinski definition) is 2. The molecule has 9 rings (SSSR count). The van der Waals surface area contributed by atoms with E-state index in [9.17, 15) is 9.59 Å². The summed E-state index contributed by atoms with van der Waals surface area (Å²) in [5, 5.41) is 2.46. The summed E-state index contributed by atoms with van der Waals surface area (Å²) in [5.41, 5.74) is 9.47. The lowest BCUT2D eigenvalue weighted by Crippen LogP contribution is -2.42. The van der Waals surface area contributed by atoms with Gasteiger partial charge in [-0.05, 0) is 105 Å². The van der Waals surface area contributed by atoms with Gasteiger partial charge in [-0.3, -0.25) is 14.5 Å². The summed E-state index contributed by atoms with van der Waals surface area (Å²) in [4.78, 5) is 42.0. The molecule has 4 aromatic rings. The van der Waals surface area contributed by atoms with Crippen molar-refractivity contribution < 1.29 is 14.3 Å². The van der Waals surface area contributed by atoms with E-state index < -0.39 is 0 Å². The minimum atomic E-state index is 0.193. The number of carbonyl (C=O) groups excluding carboxylic acids is 2. The van der Waals surface area contributed by atoms with E-state index in [1.807, 2.05) is 21.9 Å². The number of nitrogens with one attached hydrogen (secondary N) is 2. The molecule has 2 aromatic carbocycles. The number of H-pyrrole nitrogens is 2. The first-order valence-corrected chi connectivity index (χ1v) is 19.7. The Morgan fingerprint density at radius 3 is 1.67 bits per heavy atom. The summed E-state index contributed by atoms with van der Waals surface area (Å²) >= 11 is 0. The second-order valence-corrected chi connectivity index (χ2v) is 16.2. The summed E-state index contributed by atoms with van der Waals surface area (Å²) in [6.07, 6.45) is 8.88. The molecule has 0 spiro atoms. The maximum atomic E-state index is 13.0. The van der Waals surface area contributed by atoms with Gasteiger partial charge in [0.15, 0.2) is 0 Å². The van der Waals surface area contributed by atoms with Gasteiger partial charge in [0.05, 0.1) is 0 Å². The normalized spacial score (nSPS) is 21.4. The fourth-order valence-corrected chi connectivity index (χ4v) is 9.00. The van der Waals surface area contributed by atoms with Gasteiger partial charge in [0.1, 0.15) is 0 Å². The molecule has 2 aromatic heterocycles. The highest BCUT2D eigenvalue weighted by Gasteiger charge is 2.29. The molecule has 9 heteroatoms. The van der Waals surface area contributed by atoms with Gasteiger partial charge in [-0.25, -0.2) is 0 Å². The van der Waals surface area contributed by atoms with E-state index in [0.29, 0.717) is 6.04 Å². The zero-order valence-corrected chi connectivity index (χ0v) is 30.9. The van der Waals surface area contributed by atoms with Crippen LogP contribution in [0.4, 0.5) is 0 Å². The van der Waals surface area contributed by atoms with Gasteiger partial charge >= 0.3 is 0 Å². The van der Waals surface area contributed by atoms with Gasteiger partial charge in [0.2, 0.25) is 0 Å². The van der Waals surface area contributed by atoms with Gasteiger partial charge in [-0.1, -0.05) is 13.8 Å². The Bertz CT molecular complexity index is 1870. The Balaban J connectivity index is 0.000000150. The SMILES string of the molecule is CC1CCN(C(=O)c2ccc3[nH]c4c(c3c2)CN(C)CC4)CC1.CC1CCN(C(=O)c2ccc3[nH]c4c(c3c2)CN(C2CCOCC2)CC4)CC1. The molecule has 0 bridgehead atoms. The van der Waals surface area contributed by atoms with Crippen LogP contribution in [0.25, 0.3) is 21.8 Å². The van der Waals surface area contributed by atoms with Crippen LogP contribution >= 0.6 is 0 Å². The molecule has 0 radical (unpaired) electrons. The molecule has 3 saturated heterocycles. The Morgan fingerprint density at radius 1 is 0.647 bits per heavy atom. The molecule has 2 amide bonds. The molecular formula is C42H56N6O3. The number of fused-ring (bicyclic) bond motifs is 6. The fourth-order valence-electron chi connectivity index (χ4n) is 9.00. The average molecular weight is 693 g/mol. The number of likely N-dealkylation sites (tertiary alicyclic amines) is 2. The number of carbonyl (C=O) groups is 2. The van der Waals surface area contributed by atoms with Crippen molar-refractivity contribution in [2.45, 2.75) is 84.3 Å². The van der Waals surface area contributed by atoms with Gasteiger partial charge in [0, 0.05) is 129 Å². The molecule has 9 nitrogen and oxygen atoms in total. The molecular weight excluding hydrogens is 637 g/mol. The van der Waals surface area contributed by atoms with Crippen LogP contribution in [0.3, 0.4) is 0 Å². The zero-order chi connectivity index (χ0) is 35.1. The number of benzene rings is 2. The standard InChI is InChI=1S/C23H31N3O2.C19H25N3O/c1-16-4-9-25(10-5-16)23(27)17-2-3-21-19(14-17)20-15-26(11-6-22(20)24-21)18-7-12-28-13-8-18;1-13-5-9-22(10-6-13)19(23)14-3-4-17-15(11-14)16-12-21(2)8-7-18(16)20-17/h2-3,14,16,18,24H,4-13,15H2,1H3;3-4,11,13,20H,5-10,12H2,1-2H3. The maximum Gasteiger partial charge on any atom is 0.253 e. The minimum Gasteiger partial charge on any atom is -0.381 e. The molecule has 3 fully saturated rings. The number of likely N-dealkylation sites (N-methyl/N-ethyl adjacent to an activating group) is 1. The highest BCUT2D eigenvalue weighted by molar-refractivity contribution is 6.00. The molecule has 0 saturated carbocycles. The third-order valence-corrected chi connectivity index (χ3v) is 12.5. The first kappa shape index (κ1) is 34.4. The van der Waals surface area contributed by atoms with Crippen molar-refractivity contribution in [3.8, 4) is 0 Å². The summed E-state index contributed by atoms with van der Waals surface area (Å²) in [6.45, 7) is 14.1. The van der Waals surface area contributed by atoms with Crippen LogP contribution < -0.4 is 0 Å². The van der Waals surface area contributed by atoms with Crippen molar-refractivity contribution in [3.05, 3.63) is 70.0 Å². The highest BCUT2D eigenvalue weighted by Crippen LogP contribution is 2.32. The van der Waals surface area contributed by atoms with Crippen LogP contribution in [0.5, 0.6) is 0 Å². The summed E-state index contributed by atoms with van der Waals surface area (Å²) < 4.78 is 5.55.